The van der Waals surface area contributed by atoms with E-state index in [1.54, 1.807) is 19.1 Å². The molecule has 0 bridgehead atoms. The Morgan fingerprint density at radius 2 is 2.07 bits per heavy atom. The summed E-state index contributed by atoms with van der Waals surface area (Å²) in [5, 5.41) is 3.70. The van der Waals surface area contributed by atoms with E-state index in [4.69, 9.17) is 25.8 Å². The maximum Gasteiger partial charge on any atom is 0.336 e. The zero-order chi connectivity index (χ0) is 19.6. The van der Waals surface area contributed by atoms with E-state index >= 15 is 0 Å². The molecule has 1 aliphatic carbocycles. The van der Waals surface area contributed by atoms with Crippen LogP contribution in [-0.2, 0) is 23.8 Å². The number of rotatable bonds is 4. The molecule has 0 radical (unpaired) electrons. The third-order valence-corrected chi connectivity index (χ3v) is 5.15. The molecule has 1 heterocycles. The van der Waals surface area contributed by atoms with Crippen LogP contribution in [0.15, 0.2) is 46.9 Å². The number of ether oxygens (including phenoxy) is 3. The molecule has 1 saturated heterocycles. The Kier molecular flexibility index (Phi) is 5.75. The molecule has 1 aromatic rings. The van der Waals surface area contributed by atoms with Crippen molar-refractivity contribution in [2.45, 2.75) is 19.8 Å². The zero-order valence-corrected chi connectivity index (χ0v) is 16.3. The molecule has 3 rings (SSSR count). The minimum atomic E-state index is -0.743. The molecule has 144 valence electrons. The van der Waals surface area contributed by atoms with Gasteiger partial charge in [-0.3, -0.25) is 4.79 Å². The van der Waals surface area contributed by atoms with Crippen molar-refractivity contribution in [1.29, 1.82) is 0 Å². The molecule has 1 aromatic carbocycles. The van der Waals surface area contributed by atoms with Crippen LogP contribution in [0, 0.1) is 5.92 Å². The quantitative estimate of drug-likeness (QED) is 0.795. The number of halogens is 1. The lowest BCUT2D eigenvalue weighted by Crippen LogP contribution is -2.40. The summed E-state index contributed by atoms with van der Waals surface area (Å²) in [5.41, 5.74) is 2.25. The van der Waals surface area contributed by atoms with Gasteiger partial charge in [-0.15, -0.1) is 0 Å². The Morgan fingerprint density at radius 1 is 1.33 bits per heavy atom. The van der Waals surface area contributed by atoms with Gasteiger partial charge < -0.3 is 19.5 Å². The molecule has 0 spiro atoms. The Balaban J connectivity index is 2.28. The van der Waals surface area contributed by atoms with E-state index in [1.165, 1.54) is 7.11 Å². The summed E-state index contributed by atoms with van der Waals surface area (Å²) in [6.45, 7) is 4.76. The molecule has 6 nitrogen and oxygen atoms in total. The normalized spacial score (nSPS) is 21.8. The number of nitrogens with one attached hydrogen (secondary N) is 1. The third-order valence-electron chi connectivity index (χ3n) is 4.81. The molecule has 1 N–H and O–H groups in total. The molecule has 7 heteroatoms. The first-order chi connectivity index (χ1) is 13.0. The Morgan fingerprint density at radius 3 is 2.74 bits per heavy atom. The van der Waals surface area contributed by atoms with Crippen LogP contribution in [0.2, 0.25) is 5.02 Å². The number of carbonyl (C=O) groups is 2. The van der Waals surface area contributed by atoms with Gasteiger partial charge in [0.1, 0.15) is 12.4 Å². The lowest BCUT2D eigenvalue weighted by molar-refractivity contribution is -0.145. The highest BCUT2D eigenvalue weighted by atomic mass is 35.5. The zero-order valence-electron chi connectivity index (χ0n) is 15.5. The average Bonchev–Trinajstić information content (AvgIpc) is 2.68. The number of esters is 2. The lowest BCUT2D eigenvalue weighted by atomic mass is 9.72. The molecule has 2 aliphatic rings. The summed E-state index contributed by atoms with van der Waals surface area (Å²) in [6, 6.07) is 7.17. The number of methoxy groups -OCH3 is 1. The van der Waals surface area contributed by atoms with Gasteiger partial charge in [0.15, 0.2) is 0 Å². The fraction of sp³-hybridized carbons (Fsp3) is 0.400. The summed E-state index contributed by atoms with van der Waals surface area (Å²) in [7, 11) is 1.33. The van der Waals surface area contributed by atoms with E-state index in [0.29, 0.717) is 46.3 Å². The standard InChI is InChI=1S/C20H22ClNO5/c1-4-26-20(24)16-15(12-7-5-6-8-13(12)21)14(19(23)25-3)11(2)18-17(16)22-9-10-27-18/h5-8,14-15,22H,4,9-10H2,1-3H3/t14?,15-/m1/s1. The van der Waals surface area contributed by atoms with Gasteiger partial charge in [-0.25, -0.2) is 4.79 Å². The minimum Gasteiger partial charge on any atom is -0.490 e. The summed E-state index contributed by atoms with van der Waals surface area (Å²) >= 11 is 6.45. The largest absolute Gasteiger partial charge is 0.490 e. The van der Waals surface area contributed by atoms with E-state index in [9.17, 15) is 9.59 Å². The van der Waals surface area contributed by atoms with Crippen LogP contribution >= 0.6 is 11.6 Å². The molecule has 1 unspecified atom stereocenters. The first-order valence-corrected chi connectivity index (χ1v) is 9.20. The highest BCUT2D eigenvalue weighted by molar-refractivity contribution is 6.31. The van der Waals surface area contributed by atoms with Crippen molar-refractivity contribution < 1.29 is 23.8 Å². The maximum atomic E-state index is 12.9. The number of fused-ring (bicyclic) bond motifs is 1. The summed E-state index contributed by atoms with van der Waals surface area (Å²) in [6.07, 6.45) is 0. The van der Waals surface area contributed by atoms with Crippen molar-refractivity contribution in [3.05, 3.63) is 57.5 Å². The van der Waals surface area contributed by atoms with Crippen molar-refractivity contribution in [2.24, 2.45) is 5.92 Å². The van der Waals surface area contributed by atoms with Gasteiger partial charge in [-0.05, 0) is 31.1 Å². The van der Waals surface area contributed by atoms with Crippen LogP contribution in [0.5, 0.6) is 0 Å². The number of carbonyl (C=O) groups excluding carboxylic acids is 2. The SMILES string of the molecule is CCOC(=O)C1=C2NCCOC2=C(C)C(C(=O)OC)[C@H]1c1ccccc1Cl. The van der Waals surface area contributed by atoms with Crippen molar-refractivity contribution in [1.82, 2.24) is 5.32 Å². The molecule has 27 heavy (non-hydrogen) atoms. The Bertz CT molecular complexity index is 829. The maximum absolute atomic E-state index is 12.9. The van der Waals surface area contributed by atoms with Gasteiger partial charge in [-0.1, -0.05) is 29.8 Å². The third kappa shape index (κ3) is 3.41. The second-order valence-corrected chi connectivity index (χ2v) is 6.70. The second kappa shape index (κ2) is 8.05. The van der Waals surface area contributed by atoms with Gasteiger partial charge in [0.2, 0.25) is 0 Å². The Hall–Kier alpha value is -2.47. The van der Waals surface area contributed by atoms with E-state index in [1.807, 2.05) is 19.1 Å². The highest BCUT2D eigenvalue weighted by Crippen LogP contribution is 2.47. The van der Waals surface area contributed by atoms with Crippen LogP contribution < -0.4 is 5.32 Å². The van der Waals surface area contributed by atoms with Gasteiger partial charge in [0.25, 0.3) is 0 Å². The molecule has 0 saturated carbocycles. The topological polar surface area (TPSA) is 73.9 Å². The van der Waals surface area contributed by atoms with E-state index in [-0.39, 0.29) is 6.61 Å². The van der Waals surface area contributed by atoms with Crippen molar-refractivity contribution >= 4 is 23.5 Å². The number of morpholine rings is 1. The van der Waals surface area contributed by atoms with E-state index < -0.39 is 23.8 Å². The van der Waals surface area contributed by atoms with Crippen LogP contribution in [0.1, 0.15) is 25.3 Å². The fourth-order valence-electron chi connectivity index (χ4n) is 3.66. The molecular formula is C20H22ClNO5. The monoisotopic (exact) mass is 391 g/mol. The predicted molar refractivity (Wildman–Crippen MR) is 100 cm³/mol. The summed E-state index contributed by atoms with van der Waals surface area (Å²) in [4.78, 5) is 25.6. The van der Waals surface area contributed by atoms with Gasteiger partial charge in [0, 0.05) is 17.5 Å². The number of hydrogen-bond donors (Lipinski definition) is 1. The number of benzene rings is 1. The molecule has 2 atom stereocenters. The van der Waals surface area contributed by atoms with Crippen LogP contribution in [0.3, 0.4) is 0 Å². The number of hydrogen-bond acceptors (Lipinski definition) is 6. The fourth-order valence-corrected chi connectivity index (χ4v) is 3.92. The molecule has 0 amide bonds. The first-order valence-electron chi connectivity index (χ1n) is 8.82. The average molecular weight is 392 g/mol. The van der Waals surface area contributed by atoms with Gasteiger partial charge in [-0.2, -0.15) is 0 Å². The van der Waals surface area contributed by atoms with E-state index in [0.717, 1.165) is 0 Å². The second-order valence-electron chi connectivity index (χ2n) is 6.30. The van der Waals surface area contributed by atoms with Crippen LogP contribution in [0.4, 0.5) is 0 Å². The Labute approximate surface area is 163 Å². The molecule has 0 aromatic heterocycles. The van der Waals surface area contributed by atoms with Crippen molar-refractivity contribution in [3.63, 3.8) is 0 Å². The smallest absolute Gasteiger partial charge is 0.336 e. The molecule has 1 fully saturated rings. The molecule has 1 aliphatic heterocycles. The van der Waals surface area contributed by atoms with Crippen LogP contribution in [-0.4, -0.2) is 38.8 Å². The van der Waals surface area contributed by atoms with Crippen molar-refractivity contribution in [2.75, 3.05) is 26.9 Å². The first kappa shape index (κ1) is 19.3. The van der Waals surface area contributed by atoms with Gasteiger partial charge in [0.05, 0.1) is 30.9 Å². The van der Waals surface area contributed by atoms with Gasteiger partial charge >= 0.3 is 11.9 Å². The molecular weight excluding hydrogens is 370 g/mol. The highest BCUT2D eigenvalue weighted by Gasteiger charge is 2.46. The lowest BCUT2D eigenvalue weighted by Gasteiger charge is -2.37. The predicted octanol–water partition coefficient (Wildman–Crippen LogP) is 2.94. The van der Waals surface area contributed by atoms with Crippen LogP contribution in [0.25, 0.3) is 0 Å². The van der Waals surface area contributed by atoms with E-state index in [2.05, 4.69) is 5.32 Å². The van der Waals surface area contributed by atoms with Crippen molar-refractivity contribution in [3.8, 4) is 0 Å². The summed E-state index contributed by atoms with van der Waals surface area (Å²) in [5.74, 6) is -1.84. The summed E-state index contributed by atoms with van der Waals surface area (Å²) < 4.78 is 16.2. The minimum absolute atomic E-state index is 0.215.